The molecule has 4 nitrogen and oxygen atoms in total. The maximum atomic E-state index is 13.5. The molecule has 0 fully saturated rings. The van der Waals surface area contributed by atoms with Crippen LogP contribution in [-0.4, -0.2) is 18.0 Å². The van der Waals surface area contributed by atoms with Gasteiger partial charge >= 0.3 is 0 Å². The Balaban J connectivity index is 1.66. The molecule has 3 aromatic rings. The van der Waals surface area contributed by atoms with Gasteiger partial charge < -0.3 is 4.74 Å². The summed E-state index contributed by atoms with van der Waals surface area (Å²) in [5, 5.41) is 2.92. The minimum absolute atomic E-state index is 0.146. The number of amides is 1. The number of rotatable bonds is 6. The van der Waals surface area contributed by atoms with Crippen LogP contribution in [0.2, 0.25) is 0 Å². The quantitative estimate of drug-likeness (QED) is 0.463. The summed E-state index contributed by atoms with van der Waals surface area (Å²) < 4.78 is 45.7. The van der Waals surface area contributed by atoms with Crippen molar-refractivity contribution in [3.05, 3.63) is 112 Å². The van der Waals surface area contributed by atoms with E-state index in [4.69, 9.17) is 4.74 Å². The number of allylic oxidation sites excluding steroid dienone is 5. The van der Waals surface area contributed by atoms with Crippen molar-refractivity contribution in [2.45, 2.75) is 12.8 Å². The smallest absolute Gasteiger partial charge is 0.257 e. The molecule has 1 aromatic heterocycles. The first-order valence-corrected chi connectivity index (χ1v) is 10.9. The van der Waals surface area contributed by atoms with Gasteiger partial charge in [-0.05, 0) is 60.1 Å². The highest BCUT2D eigenvalue weighted by Crippen LogP contribution is 2.32. The van der Waals surface area contributed by atoms with E-state index in [0.29, 0.717) is 24.6 Å². The van der Waals surface area contributed by atoms with Gasteiger partial charge in [0.2, 0.25) is 0 Å². The van der Waals surface area contributed by atoms with Crippen molar-refractivity contribution in [2.24, 2.45) is 0 Å². The van der Waals surface area contributed by atoms with Crippen molar-refractivity contribution in [3.8, 4) is 0 Å². The highest BCUT2D eigenvalue weighted by Gasteiger charge is 2.18. The van der Waals surface area contributed by atoms with Crippen molar-refractivity contribution >= 4 is 27.9 Å². The summed E-state index contributed by atoms with van der Waals surface area (Å²) in [6.07, 6.45) is 8.71. The average molecular weight is 469 g/mol. The Morgan fingerprint density at radius 2 is 1.76 bits per heavy atom. The minimum Gasteiger partial charge on any atom is -0.497 e. The third-order valence-electron chi connectivity index (χ3n) is 4.91. The van der Waals surface area contributed by atoms with Crippen LogP contribution >= 0.6 is 11.3 Å². The van der Waals surface area contributed by atoms with Gasteiger partial charge in [0, 0.05) is 22.9 Å². The summed E-state index contributed by atoms with van der Waals surface area (Å²) in [6.45, 7) is 0. The van der Waals surface area contributed by atoms with Crippen molar-refractivity contribution in [2.75, 3.05) is 12.4 Å². The third-order valence-corrected chi connectivity index (χ3v) is 5.88. The van der Waals surface area contributed by atoms with Gasteiger partial charge in [0.15, 0.2) is 5.13 Å². The first kappa shape index (κ1) is 22.5. The van der Waals surface area contributed by atoms with Gasteiger partial charge in [0.25, 0.3) is 5.91 Å². The van der Waals surface area contributed by atoms with E-state index in [1.54, 1.807) is 19.2 Å². The topological polar surface area (TPSA) is 51.2 Å². The number of thiazole rings is 1. The number of ether oxygens (including phenoxy) is 1. The number of carbonyl (C=O) groups is 1. The number of nitrogens with one attached hydrogen (secondary N) is 1. The van der Waals surface area contributed by atoms with Gasteiger partial charge in [-0.2, -0.15) is 0 Å². The van der Waals surface area contributed by atoms with E-state index in [1.165, 1.54) is 23.5 Å². The van der Waals surface area contributed by atoms with Crippen LogP contribution in [0.5, 0.6) is 0 Å². The van der Waals surface area contributed by atoms with E-state index in [0.717, 1.165) is 33.9 Å². The second-order valence-electron chi connectivity index (χ2n) is 7.25. The molecule has 4 rings (SSSR count). The Kier molecular flexibility index (Phi) is 6.74. The number of benzene rings is 2. The van der Waals surface area contributed by atoms with Crippen molar-refractivity contribution in [1.29, 1.82) is 0 Å². The van der Waals surface area contributed by atoms with E-state index in [9.17, 15) is 18.0 Å². The number of hydrogen-bond donors (Lipinski definition) is 1. The molecule has 1 aliphatic carbocycles. The number of aromatic nitrogens is 1. The molecule has 0 unspecified atom stereocenters. The molecule has 168 valence electrons. The van der Waals surface area contributed by atoms with Gasteiger partial charge in [0.05, 0.1) is 12.8 Å². The molecule has 1 heterocycles. The molecule has 0 radical (unpaired) electrons. The number of carbonyl (C=O) groups excluding carboxylic acids is 1. The van der Waals surface area contributed by atoms with Crippen molar-refractivity contribution < 1.29 is 22.7 Å². The fourth-order valence-electron chi connectivity index (χ4n) is 3.33. The van der Waals surface area contributed by atoms with Crippen molar-refractivity contribution in [3.63, 3.8) is 0 Å². The van der Waals surface area contributed by atoms with Crippen LogP contribution in [0.25, 0.3) is 5.57 Å². The van der Waals surface area contributed by atoms with Crippen LogP contribution in [0.3, 0.4) is 0 Å². The summed E-state index contributed by atoms with van der Waals surface area (Å²) >= 11 is 1.25. The molecule has 1 amide bonds. The Morgan fingerprint density at radius 1 is 1.03 bits per heavy atom. The zero-order valence-corrected chi connectivity index (χ0v) is 18.4. The van der Waals surface area contributed by atoms with Crippen LogP contribution in [0.15, 0.2) is 72.5 Å². The first-order valence-electron chi connectivity index (χ1n) is 10.1. The Morgan fingerprint density at radius 3 is 2.45 bits per heavy atom. The minimum atomic E-state index is -0.841. The van der Waals surface area contributed by atoms with E-state index in [-0.39, 0.29) is 16.5 Å². The molecule has 0 spiro atoms. The van der Waals surface area contributed by atoms with Gasteiger partial charge in [-0.3, -0.25) is 10.1 Å². The number of hydrogen-bond acceptors (Lipinski definition) is 4. The number of anilines is 1. The first-order chi connectivity index (χ1) is 15.9. The van der Waals surface area contributed by atoms with Crippen molar-refractivity contribution in [1.82, 2.24) is 4.98 Å². The highest BCUT2D eigenvalue weighted by molar-refractivity contribution is 7.16. The SMILES string of the molecule is COC1=CCC=C(c2nc(NC(=O)c3cc(F)cc(F)c3)sc2Cc2ccc(F)cc2)C=C1. The maximum absolute atomic E-state index is 13.5. The molecule has 33 heavy (non-hydrogen) atoms. The Hall–Kier alpha value is -3.65. The van der Waals surface area contributed by atoms with E-state index in [1.807, 2.05) is 24.3 Å². The summed E-state index contributed by atoms with van der Waals surface area (Å²) in [5.74, 6) is -1.96. The summed E-state index contributed by atoms with van der Waals surface area (Å²) in [7, 11) is 1.59. The molecule has 0 aliphatic heterocycles. The number of halogens is 3. The Labute approximate surface area is 192 Å². The molecular formula is C25H19F3N2O2S. The summed E-state index contributed by atoms with van der Waals surface area (Å²) in [5.41, 5.74) is 2.23. The molecule has 2 aromatic carbocycles. The lowest BCUT2D eigenvalue weighted by Gasteiger charge is -2.04. The van der Waals surface area contributed by atoms with E-state index < -0.39 is 17.5 Å². The van der Waals surface area contributed by atoms with Gasteiger partial charge in [-0.1, -0.05) is 18.2 Å². The lowest BCUT2D eigenvalue weighted by Crippen LogP contribution is -2.12. The molecule has 0 saturated carbocycles. The third kappa shape index (κ3) is 5.59. The molecule has 0 saturated heterocycles. The zero-order valence-electron chi connectivity index (χ0n) is 17.6. The van der Waals surface area contributed by atoms with E-state index in [2.05, 4.69) is 10.3 Å². The number of methoxy groups -OCH3 is 1. The summed E-state index contributed by atoms with van der Waals surface area (Å²) in [6, 6.07) is 8.77. The second kappa shape index (κ2) is 9.87. The predicted octanol–water partition coefficient (Wildman–Crippen LogP) is 6.28. The fraction of sp³-hybridized carbons (Fsp3) is 0.120. The lowest BCUT2D eigenvalue weighted by atomic mass is 10.1. The average Bonchev–Trinajstić information content (AvgIpc) is 3.01. The summed E-state index contributed by atoms with van der Waals surface area (Å²) in [4.78, 5) is 18.0. The van der Waals surface area contributed by atoms with Crippen LogP contribution in [0.1, 0.15) is 32.9 Å². The van der Waals surface area contributed by atoms with Crippen LogP contribution in [0, 0.1) is 17.5 Å². The van der Waals surface area contributed by atoms with E-state index >= 15 is 0 Å². The lowest BCUT2D eigenvalue weighted by molar-refractivity contribution is 0.102. The molecule has 1 aliphatic rings. The molecule has 1 N–H and O–H groups in total. The van der Waals surface area contributed by atoms with Crippen LogP contribution < -0.4 is 5.32 Å². The maximum Gasteiger partial charge on any atom is 0.257 e. The monoisotopic (exact) mass is 468 g/mol. The Bertz CT molecular complexity index is 1260. The largest absolute Gasteiger partial charge is 0.497 e. The highest BCUT2D eigenvalue weighted by atomic mass is 32.1. The van der Waals surface area contributed by atoms with Gasteiger partial charge in [-0.25, -0.2) is 18.2 Å². The van der Waals surface area contributed by atoms with Crippen LogP contribution in [0.4, 0.5) is 18.3 Å². The normalized spacial score (nSPS) is 13.2. The molecule has 8 heteroatoms. The fourth-order valence-corrected chi connectivity index (χ4v) is 4.34. The number of nitrogens with zero attached hydrogens (tertiary/aromatic N) is 1. The van der Waals surface area contributed by atoms with Gasteiger partial charge in [-0.15, -0.1) is 11.3 Å². The molecule has 0 bridgehead atoms. The standard InChI is InChI=1S/C25H19F3N2O2S/c1-32-21-4-2-3-16(7-10-21)23-22(11-15-5-8-18(26)9-6-15)33-25(29-23)30-24(31)17-12-19(27)14-20(28)13-17/h3-10,12-14H,2,11H2,1H3,(H,29,30,31). The predicted molar refractivity (Wildman–Crippen MR) is 122 cm³/mol. The molecule has 0 atom stereocenters. The van der Waals surface area contributed by atoms with Crippen LogP contribution in [-0.2, 0) is 11.2 Å². The van der Waals surface area contributed by atoms with Gasteiger partial charge in [0.1, 0.15) is 23.2 Å². The zero-order chi connectivity index (χ0) is 23.4. The molecular weight excluding hydrogens is 449 g/mol. The second-order valence-corrected chi connectivity index (χ2v) is 8.33.